The minimum absolute atomic E-state index is 0.0991. The van der Waals surface area contributed by atoms with Crippen LogP contribution in [0.5, 0.6) is 0 Å². The van der Waals surface area contributed by atoms with Crippen LogP contribution in [0.3, 0.4) is 0 Å². The molecular weight excluding hydrogens is 425 g/mol. The Morgan fingerprint density at radius 2 is 1.94 bits per heavy atom. The Hall–Kier alpha value is -4.29. The Labute approximate surface area is 187 Å². The van der Waals surface area contributed by atoms with Gasteiger partial charge in [-0.1, -0.05) is 0 Å². The highest BCUT2D eigenvalue weighted by atomic mass is 19.1. The van der Waals surface area contributed by atoms with Gasteiger partial charge in [-0.2, -0.15) is 5.26 Å². The molecule has 1 aliphatic rings. The number of halogens is 1. The largest absolute Gasteiger partial charge is 0.378 e. The van der Waals surface area contributed by atoms with Crippen molar-refractivity contribution in [2.24, 2.45) is 5.73 Å². The molecule has 1 fully saturated rings. The van der Waals surface area contributed by atoms with Gasteiger partial charge in [0.25, 0.3) is 11.8 Å². The lowest BCUT2D eigenvalue weighted by atomic mass is 10.0. The third-order valence-electron chi connectivity index (χ3n) is 5.75. The number of carbonyl (C=O) groups is 2. The topological polar surface area (TPSA) is 125 Å². The van der Waals surface area contributed by atoms with Gasteiger partial charge in [0.05, 0.1) is 41.1 Å². The summed E-state index contributed by atoms with van der Waals surface area (Å²) in [4.78, 5) is 34.7. The minimum atomic E-state index is -0.664. The van der Waals surface area contributed by atoms with Gasteiger partial charge in [0.15, 0.2) is 0 Å². The van der Waals surface area contributed by atoms with Crippen molar-refractivity contribution >= 4 is 33.8 Å². The van der Waals surface area contributed by atoms with E-state index in [2.05, 4.69) is 9.97 Å². The number of rotatable bonds is 3. The first kappa shape index (κ1) is 20.6. The fourth-order valence-corrected chi connectivity index (χ4v) is 4.05. The van der Waals surface area contributed by atoms with E-state index in [0.29, 0.717) is 65.1 Å². The normalized spacial score (nSPS) is 13.9. The van der Waals surface area contributed by atoms with Gasteiger partial charge in [0.2, 0.25) is 0 Å². The van der Waals surface area contributed by atoms with E-state index in [1.807, 2.05) is 0 Å². The van der Waals surface area contributed by atoms with Crippen molar-refractivity contribution in [1.29, 1.82) is 5.26 Å². The SMILES string of the molecule is N#Cc1cc(-c2cc(C(N)=O)c3[nH]c4cc(C(=O)N5CCOCC5)ccc4c3n2)ccc1F. The molecule has 8 nitrogen and oxygen atoms in total. The van der Waals surface area contributed by atoms with Crippen molar-refractivity contribution in [2.45, 2.75) is 0 Å². The van der Waals surface area contributed by atoms with Gasteiger partial charge in [0.1, 0.15) is 11.9 Å². The summed E-state index contributed by atoms with van der Waals surface area (Å²) in [5, 5.41) is 9.85. The van der Waals surface area contributed by atoms with E-state index >= 15 is 0 Å². The number of aromatic amines is 1. The van der Waals surface area contributed by atoms with Crippen LogP contribution in [0, 0.1) is 17.1 Å². The predicted molar refractivity (Wildman–Crippen MR) is 119 cm³/mol. The summed E-state index contributed by atoms with van der Waals surface area (Å²) in [5.41, 5.74) is 8.64. The quantitative estimate of drug-likeness (QED) is 0.504. The number of nitrogens with two attached hydrogens (primary N) is 1. The Kier molecular flexibility index (Phi) is 4.99. The second-order valence-electron chi connectivity index (χ2n) is 7.74. The number of carbonyl (C=O) groups excluding carboxylic acids is 2. The number of amides is 2. The molecule has 0 unspecified atom stereocenters. The molecule has 0 atom stereocenters. The van der Waals surface area contributed by atoms with Gasteiger partial charge in [-0.05, 0) is 42.5 Å². The number of aromatic nitrogens is 2. The zero-order valence-electron chi connectivity index (χ0n) is 17.4. The average Bonchev–Trinajstić information content (AvgIpc) is 3.21. The fraction of sp³-hybridized carbons (Fsp3) is 0.167. The average molecular weight is 443 g/mol. The van der Waals surface area contributed by atoms with E-state index in [0.717, 1.165) is 0 Å². The third-order valence-corrected chi connectivity index (χ3v) is 5.75. The van der Waals surface area contributed by atoms with Crippen LogP contribution in [-0.4, -0.2) is 53.0 Å². The molecule has 3 heterocycles. The Balaban J connectivity index is 1.66. The summed E-state index contributed by atoms with van der Waals surface area (Å²) in [5.74, 6) is -1.40. The number of pyridine rings is 1. The second kappa shape index (κ2) is 8.00. The van der Waals surface area contributed by atoms with Crippen molar-refractivity contribution in [3.8, 4) is 17.3 Å². The lowest BCUT2D eigenvalue weighted by molar-refractivity contribution is 0.0303. The number of morpholine rings is 1. The van der Waals surface area contributed by atoms with E-state index in [9.17, 15) is 14.0 Å². The minimum Gasteiger partial charge on any atom is -0.378 e. The molecule has 9 heteroatoms. The molecule has 2 aromatic carbocycles. The van der Waals surface area contributed by atoms with Gasteiger partial charge in [0, 0.05) is 35.1 Å². The van der Waals surface area contributed by atoms with Gasteiger partial charge >= 0.3 is 0 Å². The summed E-state index contributed by atoms with van der Waals surface area (Å²) >= 11 is 0. The molecule has 0 saturated carbocycles. The molecule has 3 N–H and O–H groups in total. The van der Waals surface area contributed by atoms with Gasteiger partial charge < -0.3 is 20.4 Å². The molecule has 0 bridgehead atoms. The zero-order chi connectivity index (χ0) is 23.1. The highest BCUT2D eigenvalue weighted by Crippen LogP contribution is 2.31. The predicted octanol–water partition coefficient (Wildman–Crippen LogP) is 2.97. The number of nitrogens with one attached hydrogen (secondary N) is 1. The summed E-state index contributed by atoms with van der Waals surface area (Å²) in [7, 11) is 0. The number of hydrogen-bond acceptors (Lipinski definition) is 5. The van der Waals surface area contributed by atoms with E-state index < -0.39 is 11.7 Å². The van der Waals surface area contributed by atoms with Crippen molar-refractivity contribution in [3.63, 3.8) is 0 Å². The molecule has 2 amide bonds. The number of hydrogen-bond donors (Lipinski definition) is 2. The van der Waals surface area contributed by atoms with Crippen LogP contribution in [-0.2, 0) is 4.74 Å². The van der Waals surface area contributed by atoms with Crippen LogP contribution in [0.1, 0.15) is 26.3 Å². The van der Waals surface area contributed by atoms with Crippen LogP contribution < -0.4 is 5.73 Å². The van der Waals surface area contributed by atoms with Crippen molar-refractivity contribution in [3.05, 3.63) is 65.0 Å². The number of benzene rings is 2. The summed E-state index contributed by atoms with van der Waals surface area (Å²) in [6.45, 7) is 2.07. The zero-order valence-corrected chi connectivity index (χ0v) is 17.4. The fourth-order valence-electron chi connectivity index (χ4n) is 4.05. The first-order valence-electron chi connectivity index (χ1n) is 10.3. The molecule has 0 radical (unpaired) electrons. The molecule has 33 heavy (non-hydrogen) atoms. The first-order valence-corrected chi connectivity index (χ1v) is 10.3. The van der Waals surface area contributed by atoms with E-state index in [4.69, 9.17) is 15.7 Å². The smallest absolute Gasteiger partial charge is 0.254 e. The monoisotopic (exact) mass is 443 g/mol. The van der Waals surface area contributed by atoms with E-state index in [1.54, 1.807) is 29.2 Å². The maximum Gasteiger partial charge on any atom is 0.254 e. The number of nitrogens with zero attached hydrogens (tertiary/aromatic N) is 3. The van der Waals surface area contributed by atoms with Crippen LogP contribution in [0.4, 0.5) is 4.39 Å². The maximum atomic E-state index is 13.8. The maximum absolute atomic E-state index is 13.8. The molecule has 1 saturated heterocycles. The number of nitriles is 1. The Morgan fingerprint density at radius 1 is 1.15 bits per heavy atom. The van der Waals surface area contributed by atoms with Crippen molar-refractivity contribution in [1.82, 2.24) is 14.9 Å². The summed E-state index contributed by atoms with van der Waals surface area (Å²) in [6, 6.07) is 12.6. The molecular formula is C24H18FN5O3. The summed E-state index contributed by atoms with van der Waals surface area (Å²) in [6.07, 6.45) is 0. The molecule has 2 aromatic heterocycles. The number of fused-ring (bicyclic) bond motifs is 3. The molecule has 5 rings (SSSR count). The molecule has 0 aliphatic carbocycles. The lowest BCUT2D eigenvalue weighted by Crippen LogP contribution is -2.40. The number of ether oxygens (including phenoxy) is 1. The van der Waals surface area contributed by atoms with Crippen molar-refractivity contribution in [2.75, 3.05) is 26.3 Å². The van der Waals surface area contributed by atoms with E-state index in [-0.39, 0.29) is 17.0 Å². The Morgan fingerprint density at radius 3 is 2.67 bits per heavy atom. The van der Waals surface area contributed by atoms with Crippen LogP contribution in [0.25, 0.3) is 33.2 Å². The van der Waals surface area contributed by atoms with Crippen molar-refractivity contribution < 1.29 is 18.7 Å². The highest BCUT2D eigenvalue weighted by Gasteiger charge is 2.21. The molecule has 0 spiro atoms. The standard InChI is InChI=1S/C24H18FN5O3/c25-18-4-2-13(9-15(18)12-26)19-11-17(23(27)31)22-21(28-19)16-3-1-14(10-20(16)29-22)24(32)30-5-7-33-8-6-30/h1-4,9-11,29H,5-8H2,(H2,27,31). The van der Waals surface area contributed by atoms with Gasteiger partial charge in [-0.25, -0.2) is 9.37 Å². The molecule has 164 valence electrons. The van der Waals surface area contributed by atoms with Gasteiger partial charge in [-0.3, -0.25) is 9.59 Å². The third kappa shape index (κ3) is 3.56. The first-order chi connectivity index (χ1) is 16.0. The van der Waals surface area contributed by atoms with Crippen LogP contribution >= 0.6 is 0 Å². The number of H-pyrrole nitrogens is 1. The number of primary amides is 1. The van der Waals surface area contributed by atoms with E-state index in [1.165, 1.54) is 24.3 Å². The highest BCUT2D eigenvalue weighted by molar-refractivity contribution is 6.14. The molecule has 4 aromatic rings. The van der Waals surface area contributed by atoms with Crippen LogP contribution in [0.15, 0.2) is 42.5 Å². The van der Waals surface area contributed by atoms with Gasteiger partial charge in [-0.15, -0.1) is 0 Å². The van der Waals surface area contributed by atoms with Crippen LogP contribution in [0.2, 0.25) is 0 Å². The second-order valence-corrected chi connectivity index (χ2v) is 7.74. The Bertz CT molecular complexity index is 1480. The molecule has 1 aliphatic heterocycles. The summed E-state index contributed by atoms with van der Waals surface area (Å²) < 4.78 is 19.1. The lowest BCUT2D eigenvalue weighted by Gasteiger charge is -2.26.